The first-order valence-corrected chi connectivity index (χ1v) is 17.7. The molecule has 41 heavy (non-hydrogen) atoms. The number of aryl methyl sites for hydroxylation is 2. The van der Waals surface area contributed by atoms with Gasteiger partial charge in [0.15, 0.2) is 0 Å². The van der Waals surface area contributed by atoms with E-state index in [4.69, 9.17) is 4.74 Å². The Labute approximate surface area is 254 Å². The fraction of sp³-hybridized carbons (Fsp3) is 0.636. The van der Waals surface area contributed by atoms with Gasteiger partial charge in [0.2, 0.25) is 5.91 Å². The third kappa shape index (κ3) is 7.63. The Morgan fingerprint density at radius 2 is 1.85 bits per heavy atom. The quantitative estimate of drug-likeness (QED) is 0.327. The third-order valence-electron chi connectivity index (χ3n) is 9.15. The number of likely N-dealkylation sites (N-methyl/N-ethyl adjacent to an activating group) is 1. The first-order valence-electron chi connectivity index (χ1n) is 15.6. The van der Waals surface area contributed by atoms with Crippen molar-refractivity contribution in [3.05, 3.63) is 44.6 Å². The van der Waals surface area contributed by atoms with E-state index in [2.05, 4.69) is 64.0 Å². The molecule has 1 aromatic heterocycles. The van der Waals surface area contributed by atoms with Crippen LogP contribution in [0.3, 0.4) is 0 Å². The molecule has 2 saturated heterocycles. The smallest absolute Gasteiger partial charge is 0.222 e. The van der Waals surface area contributed by atoms with E-state index < -0.39 is 0 Å². The highest BCUT2D eigenvalue weighted by Gasteiger charge is 2.28. The van der Waals surface area contributed by atoms with Crippen LogP contribution >= 0.6 is 22.0 Å². The molecule has 1 aromatic carbocycles. The predicted molar refractivity (Wildman–Crippen MR) is 174 cm³/mol. The molecule has 3 aliphatic heterocycles. The summed E-state index contributed by atoms with van der Waals surface area (Å²) in [6.45, 7) is 12.9. The molecular weight excluding hydrogens is 549 g/mol. The highest BCUT2D eigenvalue weighted by molar-refractivity contribution is 8.12. The maximum absolute atomic E-state index is 13.3. The monoisotopic (exact) mass is 598 g/mol. The summed E-state index contributed by atoms with van der Waals surface area (Å²) in [6.07, 6.45) is 8.66. The molecule has 0 bridgehead atoms. The molecule has 2 unspecified atom stereocenters. The van der Waals surface area contributed by atoms with Crippen LogP contribution in [0.5, 0.6) is 5.75 Å². The SMILES string of the molecule is C=S(c1c(C)cc(OC)cc1C)N1CCCCC1CCCC(=O)N1CCc2sc(CN3CCCN(C)CC3)cc2C1. The molecule has 4 heterocycles. The Hall–Kier alpha value is -1.71. The van der Waals surface area contributed by atoms with Crippen molar-refractivity contribution < 1.29 is 9.53 Å². The normalized spacial score (nSPS) is 21.9. The van der Waals surface area contributed by atoms with Gasteiger partial charge in [-0.2, -0.15) is 0 Å². The zero-order valence-corrected chi connectivity index (χ0v) is 27.4. The minimum Gasteiger partial charge on any atom is -0.497 e. The van der Waals surface area contributed by atoms with Gasteiger partial charge >= 0.3 is 0 Å². The van der Waals surface area contributed by atoms with Crippen molar-refractivity contribution >= 4 is 33.8 Å². The van der Waals surface area contributed by atoms with E-state index in [0.717, 1.165) is 64.3 Å². The van der Waals surface area contributed by atoms with E-state index in [1.54, 1.807) is 7.11 Å². The van der Waals surface area contributed by atoms with Gasteiger partial charge in [-0.15, -0.1) is 11.3 Å². The number of carbonyl (C=O) groups excluding carboxylic acids is 1. The van der Waals surface area contributed by atoms with Crippen LogP contribution in [0, 0.1) is 13.8 Å². The Balaban J connectivity index is 1.13. The van der Waals surface area contributed by atoms with Crippen molar-refractivity contribution in [1.29, 1.82) is 0 Å². The van der Waals surface area contributed by atoms with Crippen LogP contribution in [0.2, 0.25) is 0 Å². The highest BCUT2D eigenvalue weighted by Crippen LogP contribution is 2.41. The number of hydrogen-bond donors (Lipinski definition) is 0. The Morgan fingerprint density at radius 3 is 2.63 bits per heavy atom. The summed E-state index contributed by atoms with van der Waals surface area (Å²) < 4.78 is 8.13. The average molecular weight is 599 g/mol. The topological polar surface area (TPSA) is 39.3 Å². The van der Waals surface area contributed by atoms with Crippen molar-refractivity contribution in [1.82, 2.24) is 19.0 Å². The Morgan fingerprint density at radius 1 is 1.05 bits per heavy atom. The number of benzene rings is 1. The molecule has 226 valence electrons. The van der Waals surface area contributed by atoms with Crippen molar-refractivity contribution in [2.45, 2.75) is 89.2 Å². The summed E-state index contributed by atoms with van der Waals surface area (Å²) in [5, 5.41) is 0. The van der Waals surface area contributed by atoms with E-state index in [9.17, 15) is 4.79 Å². The summed E-state index contributed by atoms with van der Waals surface area (Å²) in [4.78, 5) is 24.8. The molecule has 2 fully saturated rings. The molecular formula is C33H50N4O2S2. The van der Waals surface area contributed by atoms with Crippen molar-refractivity contribution in [2.75, 3.05) is 53.4 Å². The summed E-state index contributed by atoms with van der Waals surface area (Å²) in [7, 11) is 3.76. The minimum absolute atomic E-state index is 0.202. The molecule has 0 aliphatic carbocycles. The van der Waals surface area contributed by atoms with Crippen LogP contribution in [-0.2, 0) is 24.3 Å². The summed E-state index contributed by atoms with van der Waals surface area (Å²) in [5.74, 6) is 5.93. The van der Waals surface area contributed by atoms with Crippen LogP contribution in [0.25, 0.3) is 0 Å². The van der Waals surface area contributed by atoms with Crippen LogP contribution in [0.15, 0.2) is 23.1 Å². The van der Waals surface area contributed by atoms with Crippen LogP contribution in [0.4, 0.5) is 0 Å². The maximum atomic E-state index is 13.3. The van der Waals surface area contributed by atoms with Gasteiger partial charge in [-0.3, -0.25) is 9.69 Å². The van der Waals surface area contributed by atoms with Gasteiger partial charge in [0.1, 0.15) is 5.75 Å². The number of thiophene rings is 1. The average Bonchev–Trinajstić information content (AvgIpc) is 3.25. The van der Waals surface area contributed by atoms with Crippen LogP contribution in [-0.4, -0.2) is 90.3 Å². The van der Waals surface area contributed by atoms with Crippen molar-refractivity contribution in [2.24, 2.45) is 0 Å². The summed E-state index contributed by atoms with van der Waals surface area (Å²) in [5.41, 5.74) is 3.92. The number of nitrogens with zero attached hydrogens (tertiary/aromatic N) is 4. The number of amides is 1. The number of carbonyl (C=O) groups is 1. The highest BCUT2D eigenvalue weighted by atomic mass is 32.2. The van der Waals surface area contributed by atoms with Gasteiger partial charge in [-0.05, 0) is 107 Å². The molecule has 0 N–H and O–H groups in total. The second-order valence-corrected chi connectivity index (χ2v) is 15.1. The molecule has 5 rings (SSSR count). The first kappa shape index (κ1) is 30.7. The molecule has 2 aromatic rings. The number of hydrogen-bond acceptors (Lipinski definition) is 6. The lowest BCUT2D eigenvalue weighted by molar-refractivity contribution is -0.132. The fourth-order valence-electron chi connectivity index (χ4n) is 6.88. The molecule has 0 saturated carbocycles. The lowest BCUT2D eigenvalue weighted by atomic mass is 9.99. The van der Waals surface area contributed by atoms with E-state index in [1.165, 1.54) is 70.1 Å². The largest absolute Gasteiger partial charge is 0.497 e. The van der Waals surface area contributed by atoms with E-state index in [-0.39, 0.29) is 10.7 Å². The Kier molecular flexibility index (Phi) is 10.6. The van der Waals surface area contributed by atoms with Crippen molar-refractivity contribution in [3.63, 3.8) is 0 Å². The van der Waals surface area contributed by atoms with Gasteiger partial charge in [-0.1, -0.05) is 23.0 Å². The van der Waals surface area contributed by atoms with Crippen molar-refractivity contribution in [3.8, 4) is 5.75 Å². The molecule has 8 heteroatoms. The molecule has 3 aliphatic rings. The standard InChI is InChI=1S/C33H50N4O2S2/c1-25-20-29(39-4)21-26(2)33(25)41(5)37-16-7-6-10-28(37)11-8-12-32(38)36-17-13-31-27(23-36)22-30(40-31)24-35-15-9-14-34(3)18-19-35/h20-22,28H,5-19,23-24H2,1-4H3. The molecule has 0 radical (unpaired) electrons. The van der Waals surface area contributed by atoms with Gasteiger partial charge in [0.05, 0.1) is 7.11 Å². The number of fused-ring (bicyclic) bond motifs is 1. The first-order chi connectivity index (χ1) is 19.8. The zero-order chi connectivity index (χ0) is 28.9. The van der Waals surface area contributed by atoms with Crippen LogP contribution < -0.4 is 4.74 Å². The van der Waals surface area contributed by atoms with E-state index in [1.807, 2.05) is 11.3 Å². The number of piperidine rings is 1. The summed E-state index contributed by atoms with van der Waals surface area (Å²) >= 11 is 1.98. The van der Waals surface area contributed by atoms with Gasteiger partial charge in [-0.25, -0.2) is 4.31 Å². The molecule has 1 amide bonds. The second kappa shape index (κ2) is 14.2. The lowest BCUT2D eigenvalue weighted by Gasteiger charge is -2.38. The van der Waals surface area contributed by atoms with E-state index >= 15 is 0 Å². The minimum atomic E-state index is -0.202. The Bertz CT molecular complexity index is 1200. The van der Waals surface area contributed by atoms with Crippen LogP contribution in [0.1, 0.15) is 71.4 Å². The predicted octanol–water partition coefficient (Wildman–Crippen LogP) is 6.10. The zero-order valence-electron chi connectivity index (χ0n) is 25.8. The lowest BCUT2D eigenvalue weighted by Crippen LogP contribution is -2.37. The summed E-state index contributed by atoms with van der Waals surface area (Å²) in [6, 6.07) is 7.18. The third-order valence-corrected chi connectivity index (χ3v) is 12.5. The van der Waals surface area contributed by atoms with Gasteiger partial charge < -0.3 is 14.5 Å². The molecule has 2 atom stereocenters. The second-order valence-electron chi connectivity index (χ2n) is 12.3. The maximum Gasteiger partial charge on any atom is 0.222 e. The number of ether oxygens (including phenoxy) is 1. The molecule has 0 spiro atoms. The molecule has 6 nitrogen and oxygen atoms in total. The van der Waals surface area contributed by atoms with Gasteiger partial charge in [0, 0.05) is 66.4 Å². The number of rotatable bonds is 9. The fourth-order valence-corrected chi connectivity index (χ4v) is 10.1. The number of methoxy groups -OCH3 is 1. The van der Waals surface area contributed by atoms with Gasteiger partial charge in [0.25, 0.3) is 0 Å². The van der Waals surface area contributed by atoms with E-state index in [0.29, 0.717) is 18.4 Å².